The Bertz CT molecular complexity index is 915. The smallest absolute Gasteiger partial charge is 0.274 e. The zero-order valence-electron chi connectivity index (χ0n) is 12.3. The number of nitrogens with one attached hydrogen (secondary N) is 2. The second-order valence-electron chi connectivity index (χ2n) is 5.07. The van der Waals surface area contributed by atoms with E-state index in [2.05, 4.69) is 32.9 Å². The van der Waals surface area contributed by atoms with Crippen molar-refractivity contribution in [3.8, 4) is 5.69 Å². The number of aromatic nitrogens is 2. The van der Waals surface area contributed by atoms with Crippen molar-refractivity contribution >= 4 is 46.4 Å². The second kappa shape index (κ2) is 6.67. The zero-order valence-corrected chi connectivity index (χ0v) is 15.3. The fourth-order valence-corrected chi connectivity index (χ4v) is 3.01. The third-order valence-electron chi connectivity index (χ3n) is 3.45. The molecular weight excluding hydrogens is 421 g/mol. The highest BCUT2D eigenvalue weighted by molar-refractivity contribution is 14.1. The second-order valence-corrected chi connectivity index (χ2v) is 6.62. The molecule has 4 nitrogen and oxygen atoms in total. The van der Waals surface area contributed by atoms with Crippen LogP contribution in [0.4, 0.5) is 5.69 Å². The summed E-state index contributed by atoms with van der Waals surface area (Å²) in [7, 11) is 0. The molecule has 0 aliphatic carbocycles. The van der Waals surface area contributed by atoms with E-state index in [-0.39, 0.29) is 5.91 Å². The molecule has 0 fully saturated rings. The average Bonchev–Trinajstić information content (AvgIpc) is 2.93. The number of hydrogen-bond acceptors (Lipinski definition) is 2. The molecule has 0 atom stereocenters. The van der Waals surface area contributed by atoms with Gasteiger partial charge < -0.3 is 10.3 Å². The van der Waals surface area contributed by atoms with Crippen LogP contribution in [0, 0.1) is 15.3 Å². The number of hydrogen-bond donors (Lipinski definition) is 2. The molecule has 1 heterocycles. The van der Waals surface area contributed by atoms with Crippen molar-refractivity contribution in [3.63, 3.8) is 0 Å². The first kappa shape index (κ1) is 15.9. The number of imidazole rings is 1. The lowest BCUT2D eigenvalue weighted by Gasteiger charge is -2.10. The summed E-state index contributed by atoms with van der Waals surface area (Å²) in [6.45, 7) is 2.03. The summed E-state index contributed by atoms with van der Waals surface area (Å²) in [5, 5.41) is 2.92. The largest absolute Gasteiger partial charge is 0.336 e. The fourth-order valence-electron chi connectivity index (χ4n) is 2.23. The lowest BCUT2D eigenvalue weighted by atomic mass is 10.2. The van der Waals surface area contributed by atoms with Crippen molar-refractivity contribution in [1.29, 1.82) is 0 Å². The van der Waals surface area contributed by atoms with Crippen LogP contribution >= 0.6 is 34.8 Å². The lowest BCUT2D eigenvalue weighted by molar-refractivity contribution is 0.102. The van der Waals surface area contributed by atoms with Crippen LogP contribution in [0.5, 0.6) is 0 Å². The van der Waals surface area contributed by atoms with Crippen molar-refractivity contribution in [2.75, 3.05) is 5.32 Å². The Balaban J connectivity index is 1.95. The van der Waals surface area contributed by atoms with E-state index in [9.17, 15) is 4.79 Å². The minimum atomic E-state index is -0.208. The van der Waals surface area contributed by atoms with Crippen LogP contribution in [0.1, 0.15) is 16.1 Å². The van der Waals surface area contributed by atoms with E-state index in [0.29, 0.717) is 10.5 Å². The summed E-state index contributed by atoms with van der Waals surface area (Å²) in [4.78, 5) is 15.6. The Morgan fingerprint density at radius 2 is 1.96 bits per heavy atom. The van der Waals surface area contributed by atoms with Crippen LogP contribution in [0.25, 0.3) is 5.69 Å². The molecule has 0 saturated heterocycles. The van der Waals surface area contributed by atoms with E-state index in [4.69, 9.17) is 12.2 Å². The fraction of sp³-hybridized carbons (Fsp3) is 0.0588. The van der Waals surface area contributed by atoms with Gasteiger partial charge in [-0.15, -0.1) is 0 Å². The van der Waals surface area contributed by atoms with Gasteiger partial charge in [-0.3, -0.25) is 9.36 Å². The van der Waals surface area contributed by atoms with Gasteiger partial charge in [-0.2, -0.15) is 0 Å². The van der Waals surface area contributed by atoms with E-state index < -0.39 is 0 Å². The molecule has 0 bridgehead atoms. The molecule has 23 heavy (non-hydrogen) atoms. The van der Waals surface area contributed by atoms with Gasteiger partial charge in [0.1, 0.15) is 5.69 Å². The minimum absolute atomic E-state index is 0.208. The van der Waals surface area contributed by atoms with E-state index in [1.165, 1.54) is 5.56 Å². The van der Waals surface area contributed by atoms with Crippen LogP contribution in [0.3, 0.4) is 0 Å². The molecular formula is C17H14IN3OS. The molecule has 0 saturated carbocycles. The number of anilines is 1. The summed E-state index contributed by atoms with van der Waals surface area (Å²) in [5.74, 6) is -0.208. The number of rotatable bonds is 3. The van der Waals surface area contributed by atoms with Gasteiger partial charge in [0, 0.05) is 21.1 Å². The number of nitrogens with zero attached hydrogens (tertiary/aromatic N) is 1. The Morgan fingerprint density at radius 1 is 1.22 bits per heavy atom. The van der Waals surface area contributed by atoms with Crippen LogP contribution in [0.15, 0.2) is 54.7 Å². The maximum absolute atomic E-state index is 12.6. The van der Waals surface area contributed by atoms with E-state index in [1.807, 2.05) is 55.5 Å². The third kappa shape index (κ3) is 3.37. The average molecular weight is 435 g/mol. The van der Waals surface area contributed by atoms with Crippen molar-refractivity contribution in [3.05, 3.63) is 74.3 Å². The third-order valence-corrected chi connectivity index (χ3v) is 4.92. The number of aromatic amines is 1. The quantitative estimate of drug-likeness (QED) is 0.463. The molecule has 2 aromatic carbocycles. The first-order valence-electron chi connectivity index (χ1n) is 6.99. The summed E-state index contributed by atoms with van der Waals surface area (Å²) >= 11 is 7.56. The Morgan fingerprint density at radius 3 is 2.65 bits per heavy atom. The standard InChI is InChI=1S/C17H14IN3OS/c1-11-7-8-12(9-14(11)18)20-16(22)15-10-19-17(23)21(15)13-5-3-2-4-6-13/h2-10H,1H3,(H,19,23)(H,20,22). The lowest BCUT2D eigenvalue weighted by Crippen LogP contribution is -2.16. The van der Waals surface area contributed by atoms with Crippen LogP contribution in [-0.2, 0) is 0 Å². The molecule has 3 rings (SSSR count). The summed E-state index contributed by atoms with van der Waals surface area (Å²) < 4.78 is 3.32. The topological polar surface area (TPSA) is 49.8 Å². The number of amides is 1. The van der Waals surface area contributed by atoms with Crippen molar-refractivity contribution in [1.82, 2.24) is 9.55 Å². The normalized spacial score (nSPS) is 10.5. The van der Waals surface area contributed by atoms with Gasteiger partial charge in [0.2, 0.25) is 0 Å². The van der Waals surface area contributed by atoms with Gasteiger partial charge in [0.15, 0.2) is 4.77 Å². The minimum Gasteiger partial charge on any atom is -0.336 e. The van der Waals surface area contributed by atoms with Crippen LogP contribution < -0.4 is 5.32 Å². The maximum atomic E-state index is 12.6. The van der Waals surface area contributed by atoms with E-state index in [1.54, 1.807) is 10.8 Å². The molecule has 0 aliphatic heterocycles. The summed E-state index contributed by atoms with van der Waals surface area (Å²) in [5.41, 5.74) is 3.26. The molecule has 6 heteroatoms. The molecule has 1 aromatic heterocycles. The first-order chi connectivity index (χ1) is 11.1. The predicted molar refractivity (Wildman–Crippen MR) is 103 cm³/mol. The number of carbonyl (C=O) groups excluding carboxylic acids is 1. The van der Waals surface area contributed by atoms with Crippen molar-refractivity contribution in [2.24, 2.45) is 0 Å². The summed E-state index contributed by atoms with van der Waals surface area (Å²) in [6.07, 6.45) is 1.63. The number of H-pyrrole nitrogens is 1. The monoisotopic (exact) mass is 435 g/mol. The molecule has 0 unspecified atom stereocenters. The zero-order chi connectivity index (χ0) is 16.4. The van der Waals surface area contributed by atoms with Crippen LogP contribution in [-0.4, -0.2) is 15.5 Å². The van der Waals surface area contributed by atoms with Gasteiger partial charge in [0.05, 0.1) is 0 Å². The number of benzene rings is 2. The molecule has 3 aromatic rings. The molecule has 2 N–H and O–H groups in total. The van der Waals surface area contributed by atoms with E-state index in [0.717, 1.165) is 14.9 Å². The van der Waals surface area contributed by atoms with E-state index >= 15 is 0 Å². The van der Waals surface area contributed by atoms with Gasteiger partial charge in [0.25, 0.3) is 5.91 Å². The molecule has 0 spiro atoms. The highest BCUT2D eigenvalue weighted by Gasteiger charge is 2.14. The van der Waals surface area contributed by atoms with Gasteiger partial charge in [-0.1, -0.05) is 24.3 Å². The predicted octanol–water partition coefficient (Wildman–Crippen LogP) is 4.70. The number of aryl methyl sites for hydroxylation is 1. The van der Waals surface area contributed by atoms with Gasteiger partial charge in [-0.25, -0.2) is 0 Å². The maximum Gasteiger partial charge on any atom is 0.274 e. The van der Waals surface area contributed by atoms with Gasteiger partial charge in [-0.05, 0) is 71.6 Å². The first-order valence-corrected chi connectivity index (χ1v) is 8.48. The highest BCUT2D eigenvalue weighted by atomic mass is 127. The summed E-state index contributed by atoms with van der Waals surface area (Å²) in [6, 6.07) is 15.4. The Kier molecular flexibility index (Phi) is 4.63. The molecule has 0 aliphatic rings. The van der Waals surface area contributed by atoms with Gasteiger partial charge >= 0.3 is 0 Å². The Labute approximate surface area is 152 Å². The number of carbonyl (C=O) groups is 1. The van der Waals surface area contributed by atoms with Crippen molar-refractivity contribution in [2.45, 2.75) is 6.92 Å². The van der Waals surface area contributed by atoms with Crippen molar-refractivity contribution < 1.29 is 4.79 Å². The highest BCUT2D eigenvalue weighted by Crippen LogP contribution is 2.19. The Hall–Kier alpha value is -1.93. The SMILES string of the molecule is Cc1ccc(NC(=O)c2c[nH]c(=S)n2-c2ccccc2)cc1I. The molecule has 0 radical (unpaired) electrons. The van der Waals surface area contributed by atoms with Crippen LogP contribution in [0.2, 0.25) is 0 Å². The number of para-hydroxylation sites is 1. The number of halogens is 1. The molecule has 116 valence electrons. The molecule has 1 amide bonds.